The van der Waals surface area contributed by atoms with E-state index in [9.17, 15) is 19.5 Å². The lowest BCUT2D eigenvalue weighted by atomic mass is 9.74. The lowest BCUT2D eigenvalue weighted by molar-refractivity contribution is -0.141. The van der Waals surface area contributed by atoms with Crippen LogP contribution in [0.5, 0.6) is 0 Å². The van der Waals surface area contributed by atoms with Gasteiger partial charge in [-0.1, -0.05) is 72.8 Å². The molecule has 0 radical (unpaired) electrons. The van der Waals surface area contributed by atoms with E-state index in [-0.39, 0.29) is 24.3 Å². The molecule has 214 valence electrons. The molecule has 0 saturated carbocycles. The molecular weight excluding hydrogens is 546 g/mol. The molecule has 8 heteroatoms. The van der Waals surface area contributed by atoms with Crippen LogP contribution in [0.4, 0.5) is 11.4 Å². The molecule has 3 aromatic rings. The maximum absolute atomic E-state index is 14.7. The van der Waals surface area contributed by atoms with Gasteiger partial charge in [0.1, 0.15) is 6.04 Å². The topological polar surface area (TPSA) is 81.2 Å². The molecular formula is C34H33N3O4S. The van der Waals surface area contributed by atoms with Crippen LogP contribution in [0.25, 0.3) is 10.8 Å². The van der Waals surface area contributed by atoms with Crippen LogP contribution in [0.3, 0.4) is 0 Å². The molecule has 6 atom stereocenters. The molecule has 1 N–H and O–H groups in total. The van der Waals surface area contributed by atoms with Crippen molar-refractivity contribution in [2.45, 2.75) is 35.4 Å². The molecule has 0 bridgehead atoms. The van der Waals surface area contributed by atoms with Crippen LogP contribution in [0.15, 0.2) is 97.1 Å². The number of hydrogen-bond acceptors (Lipinski definition) is 5. The summed E-state index contributed by atoms with van der Waals surface area (Å²) in [5.74, 6) is -2.01. The summed E-state index contributed by atoms with van der Waals surface area (Å²) in [7, 11) is 0. The van der Waals surface area contributed by atoms with E-state index in [1.807, 2.05) is 97.9 Å². The predicted molar refractivity (Wildman–Crippen MR) is 166 cm³/mol. The first-order chi connectivity index (χ1) is 20.3. The third kappa shape index (κ3) is 3.81. The number of fused-ring (bicyclic) bond motifs is 3. The highest BCUT2D eigenvalue weighted by atomic mass is 32.2. The van der Waals surface area contributed by atoms with Crippen molar-refractivity contribution >= 4 is 51.6 Å². The van der Waals surface area contributed by atoms with Crippen LogP contribution in [0, 0.1) is 11.8 Å². The van der Waals surface area contributed by atoms with Crippen molar-refractivity contribution in [3.05, 3.63) is 97.1 Å². The Bertz CT molecular complexity index is 1660. The number of carbonyl (C=O) groups excluding carboxylic acids is 3. The van der Waals surface area contributed by atoms with E-state index in [0.717, 1.165) is 22.1 Å². The molecule has 3 amide bonds. The lowest BCUT2D eigenvalue weighted by Crippen LogP contribution is -2.56. The van der Waals surface area contributed by atoms with Gasteiger partial charge in [-0.25, -0.2) is 0 Å². The first kappa shape index (κ1) is 27.0. The summed E-state index contributed by atoms with van der Waals surface area (Å²) in [6.45, 7) is 4.26. The molecule has 2 fully saturated rings. The number of aliphatic hydroxyl groups is 1. The molecule has 42 heavy (non-hydrogen) atoms. The molecule has 1 unspecified atom stereocenters. The van der Waals surface area contributed by atoms with Gasteiger partial charge in [-0.3, -0.25) is 14.4 Å². The van der Waals surface area contributed by atoms with Crippen molar-refractivity contribution in [3.63, 3.8) is 0 Å². The number of nitrogens with zero attached hydrogens (tertiary/aromatic N) is 3. The Morgan fingerprint density at radius 2 is 1.48 bits per heavy atom. The predicted octanol–water partition coefficient (Wildman–Crippen LogP) is 4.41. The summed E-state index contributed by atoms with van der Waals surface area (Å²) in [5, 5.41) is 12.4. The highest BCUT2D eigenvalue weighted by Gasteiger charge is 2.74. The first-order valence-corrected chi connectivity index (χ1v) is 15.3. The Kier molecular flexibility index (Phi) is 6.33. The normalized spacial score (nSPS) is 31.2. The van der Waals surface area contributed by atoms with E-state index >= 15 is 0 Å². The van der Waals surface area contributed by atoms with E-state index in [1.54, 1.807) is 33.4 Å². The van der Waals surface area contributed by atoms with Crippen LogP contribution < -0.4 is 9.80 Å². The number of hydrogen-bond donors (Lipinski definition) is 1. The van der Waals surface area contributed by atoms with E-state index in [0.29, 0.717) is 13.1 Å². The van der Waals surface area contributed by atoms with Crippen LogP contribution in [-0.4, -0.2) is 69.0 Å². The fourth-order valence-electron chi connectivity index (χ4n) is 7.44. The average molecular weight is 580 g/mol. The SMILES string of the molecule is C[C@H](CO)N1C(=O)[C@@H]2[C@H]3C(=O)N(c4ccccc4)CC=C[C@@]3(C)S[C@@]23C=CCN(c2ccc4ccccc4c2)C(=O)C13. The van der Waals surface area contributed by atoms with E-state index in [4.69, 9.17) is 0 Å². The minimum Gasteiger partial charge on any atom is -0.394 e. The van der Waals surface area contributed by atoms with Gasteiger partial charge in [0.25, 0.3) is 5.91 Å². The quantitative estimate of drug-likeness (QED) is 0.463. The summed E-state index contributed by atoms with van der Waals surface area (Å²) in [4.78, 5) is 48.7. The molecule has 1 spiro atoms. The summed E-state index contributed by atoms with van der Waals surface area (Å²) < 4.78 is -1.67. The van der Waals surface area contributed by atoms with Gasteiger partial charge in [0, 0.05) is 29.2 Å². The molecule has 4 aliphatic rings. The summed E-state index contributed by atoms with van der Waals surface area (Å²) in [6.07, 6.45) is 8.06. The van der Waals surface area contributed by atoms with Crippen molar-refractivity contribution in [3.8, 4) is 0 Å². The molecule has 4 aliphatic heterocycles. The summed E-state index contributed by atoms with van der Waals surface area (Å²) in [5.41, 5.74) is 1.53. The number of anilines is 2. The Hall–Kier alpha value is -3.88. The zero-order chi connectivity index (χ0) is 29.2. The van der Waals surface area contributed by atoms with Crippen LogP contribution in [-0.2, 0) is 14.4 Å². The number of aliphatic hydroxyl groups excluding tert-OH is 1. The molecule has 2 saturated heterocycles. The Morgan fingerprint density at radius 3 is 2.21 bits per heavy atom. The van der Waals surface area contributed by atoms with Crippen LogP contribution >= 0.6 is 11.8 Å². The zero-order valence-electron chi connectivity index (χ0n) is 23.6. The standard InChI is InChI=1S/C34H33N3O4S/c1-22(21-38)37-29-32(41)36(26-15-14-23-10-6-7-11-24(23)20-26)19-9-17-34(29)28(31(37)40)27-30(39)35(25-12-4-3-5-13-25)18-8-16-33(27,2)42-34/h3-17,20,22,27-29,38H,18-19,21H2,1-2H3/t22-,27+,28+,29?,33-,34+/m1/s1. The Labute approximate surface area is 249 Å². The summed E-state index contributed by atoms with van der Waals surface area (Å²) >= 11 is 1.55. The second kappa shape index (κ2) is 9.85. The van der Waals surface area contributed by atoms with Gasteiger partial charge in [-0.05, 0) is 48.9 Å². The van der Waals surface area contributed by atoms with Gasteiger partial charge in [0.2, 0.25) is 11.8 Å². The number of para-hydroxylation sites is 1. The molecule has 4 heterocycles. The lowest BCUT2D eigenvalue weighted by Gasteiger charge is -2.38. The van der Waals surface area contributed by atoms with E-state index < -0.39 is 33.4 Å². The number of carbonyl (C=O) groups is 3. The number of amides is 3. The molecule has 0 aromatic heterocycles. The maximum Gasteiger partial charge on any atom is 0.251 e. The fourth-order valence-corrected chi connectivity index (χ4v) is 9.58. The molecule has 7 rings (SSSR count). The zero-order valence-corrected chi connectivity index (χ0v) is 24.4. The largest absolute Gasteiger partial charge is 0.394 e. The second-order valence-corrected chi connectivity index (χ2v) is 13.6. The number of likely N-dealkylation sites (tertiary alicyclic amines) is 1. The molecule has 3 aromatic carbocycles. The van der Waals surface area contributed by atoms with E-state index in [2.05, 4.69) is 6.08 Å². The third-order valence-corrected chi connectivity index (χ3v) is 11.1. The number of thioether (sulfide) groups is 1. The van der Waals surface area contributed by atoms with Gasteiger partial charge in [-0.15, -0.1) is 11.8 Å². The van der Waals surface area contributed by atoms with Gasteiger partial charge >= 0.3 is 0 Å². The number of rotatable bonds is 4. The minimum absolute atomic E-state index is 0.120. The van der Waals surface area contributed by atoms with Crippen molar-refractivity contribution in [1.29, 1.82) is 0 Å². The van der Waals surface area contributed by atoms with Crippen LogP contribution in [0.2, 0.25) is 0 Å². The van der Waals surface area contributed by atoms with Crippen molar-refractivity contribution in [2.24, 2.45) is 11.8 Å². The van der Waals surface area contributed by atoms with Crippen molar-refractivity contribution in [1.82, 2.24) is 4.90 Å². The average Bonchev–Trinajstić information content (AvgIpc) is 3.28. The van der Waals surface area contributed by atoms with Gasteiger partial charge < -0.3 is 19.8 Å². The highest BCUT2D eigenvalue weighted by Crippen LogP contribution is 2.66. The van der Waals surface area contributed by atoms with Crippen LogP contribution in [0.1, 0.15) is 13.8 Å². The smallest absolute Gasteiger partial charge is 0.251 e. The Balaban J connectivity index is 1.35. The second-order valence-electron chi connectivity index (χ2n) is 11.8. The molecule has 0 aliphatic carbocycles. The fraction of sp³-hybridized carbons (Fsp3) is 0.324. The first-order valence-electron chi connectivity index (χ1n) is 14.4. The Morgan fingerprint density at radius 1 is 0.810 bits per heavy atom. The molecule has 7 nitrogen and oxygen atoms in total. The highest BCUT2D eigenvalue weighted by molar-refractivity contribution is 8.02. The van der Waals surface area contributed by atoms with Gasteiger partial charge in [0.05, 0.1) is 29.2 Å². The van der Waals surface area contributed by atoms with Crippen molar-refractivity contribution in [2.75, 3.05) is 29.5 Å². The monoisotopic (exact) mass is 579 g/mol. The van der Waals surface area contributed by atoms with Gasteiger partial charge in [0.15, 0.2) is 0 Å². The number of benzene rings is 3. The van der Waals surface area contributed by atoms with Crippen molar-refractivity contribution < 1.29 is 19.5 Å². The third-order valence-electron chi connectivity index (χ3n) is 9.35. The van der Waals surface area contributed by atoms with Gasteiger partial charge in [-0.2, -0.15) is 0 Å². The minimum atomic E-state index is -0.970. The maximum atomic E-state index is 14.7. The van der Waals surface area contributed by atoms with E-state index in [1.165, 1.54) is 0 Å². The summed E-state index contributed by atoms with van der Waals surface area (Å²) in [6, 6.07) is 22.0.